The molecule has 1 aliphatic rings. The molecule has 0 saturated heterocycles. The summed E-state index contributed by atoms with van der Waals surface area (Å²) in [5, 5.41) is 0. The van der Waals surface area contributed by atoms with Crippen molar-refractivity contribution in [2.45, 2.75) is 37.5 Å². The first kappa shape index (κ1) is 12.0. The fraction of sp³-hybridized carbons (Fsp3) is 0.500. The molecule has 0 spiro atoms. The van der Waals surface area contributed by atoms with Crippen molar-refractivity contribution >= 4 is 11.7 Å². The van der Waals surface area contributed by atoms with Gasteiger partial charge in [-0.2, -0.15) is 0 Å². The van der Waals surface area contributed by atoms with E-state index in [0.29, 0.717) is 0 Å². The summed E-state index contributed by atoms with van der Waals surface area (Å²) in [7, 11) is 1.47. The Labute approximate surface area is 102 Å². The van der Waals surface area contributed by atoms with Crippen LogP contribution in [0, 0.1) is 0 Å². The van der Waals surface area contributed by atoms with Crippen molar-refractivity contribution in [2.24, 2.45) is 0 Å². The van der Waals surface area contributed by atoms with Crippen molar-refractivity contribution in [3.8, 4) is 0 Å². The summed E-state index contributed by atoms with van der Waals surface area (Å²) in [6.45, 7) is 0. The standard InChI is InChI=1S/C14H19NO2/c1-17-13(16)14(9-3-2-4-10-14)11-5-7-12(15)8-6-11/h5-8H,2-4,9-10,15H2,1H3. The van der Waals surface area contributed by atoms with Crippen molar-refractivity contribution in [1.82, 2.24) is 0 Å². The number of carbonyl (C=O) groups is 1. The van der Waals surface area contributed by atoms with E-state index in [1.165, 1.54) is 13.5 Å². The van der Waals surface area contributed by atoms with Crippen molar-refractivity contribution in [1.29, 1.82) is 0 Å². The van der Waals surface area contributed by atoms with E-state index in [1.807, 2.05) is 24.3 Å². The van der Waals surface area contributed by atoms with Gasteiger partial charge in [-0.1, -0.05) is 31.4 Å². The number of esters is 1. The van der Waals surface area contributed by atoms with Crippen LogP contribution in [-0.2, 0) is 14.9 Å². The van der Waals surface area contributed by atoms with Gasteiger partial charge >= 0.3 is 5.97 Å². The summed E-state index contributed by atoms with van der Waals surface area (Å²) < 4.78 is 5.01. The average molecular weight is 233 g/mol. The molecule has 92 valence electrons. The SMILES string of the molecule is COC(=O)C1(c2ccc(N)cc2)CCCCC1. The quantitative estimate of drug-likeness (QED) is 0.631. The first-order valence-electron chi connectivity index (χ1n) is 6.13. The summed E-state index contributed by atoms with van der Waals surface area (Å²) in [6.07, 6.45) is 5.12. The zero-order valence-electron chi connectivity index (χ0n) is 10.2. The summed E-state index contributed by atoms with van der Waals surface area (Å²) in [5.74, 6) is -0.109. The Hall–Kier alpha value is -1.51. The Bertz CT molecular complexity index is 391. The number of carbonyl (C=O) groups excluding carboxylic acids is 1. The number of methoxy groups -OCH3 is 1. The first-order valence-corrected chi connectivity index (χ1v) is 6.13. The summed E-state index contributed by atoms with van der Waals surface area (Å²) in [6, 6.07) is 7.62. The lowest BCUT2D eigenvalue weighted by Gasteiger charge is -2.35. The maximum absolute atomic E-state index is 12.1. The molecule has 1 fully saturated rings. The molecule has 3 nitrogen and oxygen atoms in total. The molecule has 0 heterocycles. The Morgan fingerprint density at radius 1 is 1.18 bits per heavy atom. The van der Waals surface area contributed by atoms with Gasteiger partial charge in [0.25, 0.3) is 0 Å². The molecule has 17 heavy (non-hydrogen) atoms. The van der Waals surface area contributed by atoms with Gasteiger partial charge in [0, 0.05) is 5.69 Å². The fourth-order valence-electron chi connectivity index (χ4n) is 2.76. The highest BCUT2D eigenvalue weighted by Gasteiger charge is 2.42. The Balaban J connectivity index is 2.38. The van der Waals surface area contributed by atoms with Crippen molar-refractivity contribution in [3.05, 3.63) is 29.8 Å². The van der Waals surface area contributed by atoms with E-state index in [4.69, 9.17) is 10.5 Å². The molecule has 0 amide bonds. The largest absolute Gasteiger partial charge is 0.468 e. The third-order valence-electron chi connectivity index (χ3n) is 3.75. The van der Waals surface area contributed by atoms with E-state index in [9.17, 15) is 4.79 Å². The highest BCUT2D eigenvalue weighted by Crippen LogP contribution is 2.40. The number of benzene rings is 1. The molecule has 0 radical (unpaired) electrons. The molecule has 1 aromatic rings. The van der Waals surface area contributed by atoms with Crippen molar-refractivity contribution in [3.63, 3.8) is 0 Å². The van der Waals surface area contributed by atoms with Gasteiger partial charge in [-0.3, -0.25) is 4.79 Å². The molecule has 3 heteroatoms. The van der Waals surface area contributed by atoms with E-state index in [2.05, 4.69) is 0 Å². The molecule has 2 rings (SSSR count). The average Bonchev–Trinajstić information content (AvgIpc) is 2.39. The van der Waals surface area contributed by atoms with Crippen LogP contribution in [0.5, 0.6) is 0 Å². The lowest BCUT2D eigenvalue weighted by atomic mass is 9.69. The molecule has 0 unspecified atom stereocenters. The van der Waals surface area contributed by atoms with Crippen molar-refractivity contribution < 1.29 is 9.53 Å². The predicted octanol–water partition coefficient (Wildman–Crippen LogP) is 2.64. The Morgan fingerprint density at radius 2 is 1.76 bits per heavy atom. The number of nitrogens with two attached hydrogens (primary N) is 1. The number of rotatable bonds is 2. The summed E-state index contributed by atoms with van der Waals surface area (Å²) in [5.41, 5.74) is 7.01. The second kappa shape index (κ2) is 4.78. The molecule has 1 aliphatic carbocycles. The molecule has 1 aromatic carbocycles. The van der Waals surface area contributed by atoms with Crippen LogP contribution >= 0.6 is 0 Å². The first-order chi connectivity index (χ1) is 8.19. The molecule has 0 aromatic heterocycles. The fourth-order valence-corrected chi connectivity index (χ4v) is 2.76. The highest BCUT2D eigenvalue weighted by molar-refractivity contribution is 5.83. The third kappa shape index (κ3) is 2.14. The minimum absolute atomic E-state index is 0.109. The van der Waals surface area contributed by atoms with E-state index in [1.54, 1.807) is 0 Å². The van der Waals surface area contributed by atoms with Gasteiger partial charge in [-0.05, 0) is 30.5 Å². The monoisotopic (exact) mass is 233 g/mol. The second-order valence-corrected chi connectivity index (χ2v) is 4.76. The minimum atomic E-state index is -0.444. The summed E-state index contributed by atoms with van der Waals surface area (Å²) >= 11 is 0. The molecule has 1 saturated carbocycles. The third-order valence-corrected chi connectivity index (χ3v) is 3.75. The van der Waals surface area contributed by atoms with Gasteiger partial charge in [0.15, 0.2) is 0 Å². The minimum Gasteiger partial charge on any atom is -0.468 e. The van der Waals surface area contributed by atoms with Gasteiger partial charge in [-0.25, -0.2) is 0 Å². The van der Waals surface area contributed by atoms with E-state index >= 15 is 0 Å². The zero-order valence-corrected chi connectivity index (χ0v) is 10.2. The van der Waals surface area contributed by atoms with Gasteiger partial charge in [0.1, 0.15) is 0 Å². The number of anilines is 1. The predicted molar refractivity (Wildman–Crippen MR) is 67.6 cm³/mol. The van der Waals surface area contributed by atoms with Crippen LogP contribution in [0.15, 0.2) is 24.3 Å². The van der Waals surface area contributed by atoms with Crippen molar-refractivity contribution in [2.75, 3.05) is 12.8 Å². The number of nitrogen functional groups attached to an aromatic ring is 1. The smallest absolute Gasteiger partial charge is 0.316 e. The molecule has 0 aliphatic heterocycles. The normalized spacial score (nSPS) is 18.6. The van der Waals surface area contributed by atoms with Crippen LogP contribution in [0.25, 0.3) is 0 Å². The van der Waals surface area contributed by atoms with Crippen LogP contribution in [0.4, 0.5) is 5.69 Å². The maximum atomic E-state index is 12.1. The van der Waals surface area contributed by atoms with Crippen LogP contribution in [0.2, 0.25) is 0 Å². The number of hydrogen-bond donors (Lipinski definition) is 1. The van der Waals surface area contributed by atoms with Crippen LogP contribution in [0.1, 0.15) is 37.7 Å². The molecule has 0 atom stereocenters. The lowest BCUT2D eigenvalue weighted by Crippen LogP contribution is -2.38. The van der Waals surface area contributed by atoms with E-state index < -0.39 is 5.41 Å². The highest BCUT2D eigenvalue weighted by atomic mass is 16.5. The zero-order chi connectivity index (χ0) is 12.3. The van der Waals surface area contributed by atoms with Crippen LogP contribution in [-0.4, -0.2) is 13.1 Å². The molecular formula is C14H19NO2. The topological polar surface area (TPSA) is 52.3 Å². The number of ether oxygens (including phenoxy) is 1. The molecular weight excluding hydrogens is 214 g/mol. The van der Waals surface area contributed by atoms with Crippen LogP contribution < -0.4 is 5.73 Å². The maximum Gasteiger partial charge on any atom is 0.316 e. The van der Waals surface area contributed by atoms with Gasteiger partial charge in [-0.15, -0.1) is 0 Å². The van der Waals surface area contributed by atoms with Crippen LogP contribution in [0.3, 0.4) is 0 Å². The molecule has 2 N–H and O–H groups in total. The summed E-state index contributed by atoms with van der Waals surface area (Å²) in [4.78, 5) is 12.1. The Kier molecular flexibility index (Phi) is 3.36. The second-order valence-electron chi connectivity index (χ2n) is 4.76. The van der Waals surface area contributed by atoms with Gasteiger partial charge in [0.05, 0.1) is 12.5 Å². The lowest BCUT2D eigenvalue weighted by molar-refractivity contribution is -0.149. The molecule has 0 bridgehead atoms. The Morgan fingerprint density at radius 3 is 2.29 bits per heavy atom. The van der Waals surface area contributed by atoms with E-state index in [-0.39, 0.29) is 5.97 Å². The number of hydrogen-bond acceptors (Lipinski definition) is 3. The van der Waals surface area contributed by atoms with Gasteiger partial charge < -0.3 is 10.5 Å². The van der Waals surface area contributed by atoms with E-state index in [0.717, 1.165) is 36.9 Å². The van der Waals surface area contributed by atoms with Gasteiger partial charge in [0.2, 0.25) is 0 Å².